The largest absolute Gasteiger partial charge is 0.356 e. The van der Waals surface area contributed by atoms with Crippen LogP contribution in [-0.2, 0) is 9.59 Å². The van der Waals surface area contributed by atoms with Crippen molar-refractivity contribution >= 4 is 11.8 Å². The summed E-state index contributed by atoms with van der Waals surface area (Å²) in [6, 6.07) is 0. The van der Waals surface area contributed by atoms with E-state index < -0.39 is 0 Å². The van der Waals surface area contributed by atoms with E-state index in [2.05, 4.69) is 23.6 Å². The van der Waals surface area contributed by atoms with E-state index in [1.807, 2.05) is 0 Å². The summed E-state index contributed by atoms with van der Waals surface area (Å²) in [6.45, 7) is 3.68. The molecule has 0 heterocycles. The van der Waals surface area contributed by atoms with Crippen molar-refractivity contribution in [3.05, 3.63) is 11.6 Å². The van der Waals surface area contributed by atoms with Crippen molar-refractivity contribution in [1.82, 2.24) is 10.6 Å². The lowest BCUT2D eigenvalue weighted by Gasteiger charge is -2.27. The molecule has 1 saturated carbocycles. The maximum Gasteiger partial charge on any atom is 0.223 e. The van der Waals surface area contributed by atoms with Gasteiger partial charge in [-0.05, 0) is 64.2 Å². The summed E-state index contributed by atoms with van der Waals surface area (Å²) in [5.74, 6) is 0.589. The lowest BCUT2D eigenvalue weighted by Crippen LogP contribution is -2.38. The SMILES string of the molecule is CCCCNC(=O)C1CCC(C(=O)NCCC2=CCCCC2)CC1. The van der Waals surface area contributed by atoms with Crippen LogP contribution < -0.4 is 10.6 Å². The van der Waals surface area contributed by atoms with Gasteiger partial charge in [0.2, 0.25) is 11.8 Å². The van der Waals surface area contributed by atoms with Gasteiger partial charge >= 0.3 is 0 Å². The minimum Gasteiger partial charge on any atom is -0.356 e. The molecule has 136 valence electrons. The molecule has 0 unspecified atom stereocenters. The topological polar surface area (TPSA) is 58.2 Å². The van der Waals surface area contributed by atoms with E-state index in [1.54, 1.807) is 0 Å². The highest BCUT2D eigenvalue weighted by atomic mass is 16.2. The Hall–Kier alpha value is -1.32. The lowest BCUT2D eigenvalue weighted by atomic mass is 9.81. The maximum atomic E-state index is 12.3. The lowest BCUT2D eigenvalue weighted by molar-refractivity contribution is -0.130. The molecule has 2 rings (SSSR count). The second kappa shape index (κ2) is 10.5. The third-order valence-corrected chi connectivity index (χ3v) is 5.43. The summed E-state index contributed by atoms with van der Waals surface area (Å²) in [6.07, 6.45) is 13.9. The van der Waals surface area contributed by atoms with Gasteiger partial charge in [0, 0.05) is 24.9 Å². The molecule has 2 aliphatic rings. The van der Waals surface area contributed by atoms with Crippen LogP contribution in [0.2, 0.25) is 0 Å². The first-order chi connectivity index (χ1) is 11.7. The molecule has 0 atom stereocenters. The molecular formula is C20H34N2O2. The number of carbonyl (C=O) groups excluding carboxylic acids is 2. The van der Waals surface area contributed by atoms with Gasteiger partial charge in [0.25, 0.3) is 0 Å². The van der Waals surface area contributed by atoms with E-state index in [-0.39, 0.29) is 23.7 Å². The van der Waals surface area contributed by atoms with Crippen molar-refractivity contribution in [2.24, 2.45) is 11.8 Å². The number of hydrogen-bond acceptors (Lipinski definition) is 2. The average molecular weight is 335 g/mol. The van der Waals surface area contributed by atoms with Gasteiger partial charge in [0.1, 0.15) is 0 Å². The number of amides is 2. The second-order valence-corrected chi connectivity index (χ2v) is 7.34. The van der Waals surface area contributed by atoms with Crippen LogP contribution in [0.3, 0.4) is 0 Å². The summed E-state index contributed by atoms with van der Waals surface area (Å²) < 4.78 is 0. The summed E-state index contributed by atoms with van der Waals surface area (Å²) in [4.78, 5) is 24.4. The summed E-state index contributed by atoms with van der Waals surface area (Å²) in [5, 5.41) is 6.13. The normalized spacial score (nSPS) is 24.1. The molecule has 2 N–H and O–H groups in total. The third kappa shape index (κ3) is 6.29. The predicted molar refractivity (Wildman–Crippen MR) is 97.5 cm³/mol. The highest BCUT2D eigenvalue weighted by Gasteiger charge is 2.29. The Morgan fingerprint density at radius 3 is 2.17 bits per heavy atom. The first-order valence-electron chi connectivity index (χ1n) is 9.94. The first-order valence-corrected chi connectivity index (χ1v) is 9.94. The van der Waals surface area contributed by atoms with Gasteiger partial charge in [0.15, 0.2) is 0 Å². The molecule has 0 aromatic carbocycles. The van der Waals surface area contributed by atoms with Gasteiger partial charge in [-0.2, -0.15) is 0 Å². The van der Waals surface area contributed by atoms with E-state index >= 15 is 0 Å². The van der Waals surface area contributed by atoms with Crippen molar-refractivity contribution in [3.8, 4) is 0 Å². The Kier molecular flexibility index (Phi) is 8.34. The van der Waals surface area contributed by atoms with Crippen molar-refractivity contribution in [2.75, 3.05) is 13.1 Å². The van der Waals surface area contributed by atoms with E-state index in [1.165, 1.54) is 31.3 Å². The molecule has 0 bridgehead atoms. The van der Waals surface area contributed by atoms with Gasteiger partial charge in [0.05, 0.1) is 0 Å². The number of rotatable bonds is 8. The van der Waals surface area contributed by atoms with Crippen LogP contribution in [0.1, 0.15) is 77.6 Å². The highest BCUT2D eigenvalue weighted by Crippen LogP contribution is 2.29. The van der Waals surface area contributed by atoms with Crippen LogP contribution in [0.5, 0.6) is 0 Å². The number of allylic oxidation sites excluding steroid dienone is 1. The maximum absolute atomic E-state index is 12.3. The van der Waals surface area contributed by atoms with E-state index in [0.29, 0.717) is 0 Å². The van der Waals surface area contributed by atoms with Crippen LogP contribution in [0.15, 0.2) is 11.6 Å². The zero-order chi connectivity index (χ0) is 17.2. The first kappa shape index (κ1) is 19.0. The Bertz CT molecular complexity index is 437. The molecule has 0 aliphatic heterocycles. The van der Waals surface area contributed by atoms with Gasteiger partial charge in [-0.15, -0.1) is 0 Å². The summed E-state index contributed by atoms with van der Waals surface area (Å²) in [5.41, 5.74) is 1.51. The number of unbranched alkanes of at least 4 members (excludes halogenated alkanes) is 1. The fourth-order valence-corrected chi connectivity index (χ4v) is 3.77. The van der Waals surface area contributed by atoms with Crippen LogP contribution >= 0.6 is 0 Å². The minimum atomic E-state index is 0.102. The molecular weight excluding hydrogens is 300 g/mol. The molecule has 0 aromatic heterocycles. The van der Waals surface area contributed by atoms with E-state index in [0.717, 1.165) is 58.0 Å². The molecule has 0 aromatic rings. The van der Waals surface area contributed by atoms with Crippen molar-refractivity contribution in [1.29, 1.82) is 0 Å². The Balaban J connectivity index is 1.61. The van der Waals surface area contributed by atoms with Gasteiger partial charge in [-0.25, -0.2) is 0 Å². The van der Waals surface area contributed by atoms with Crippen LogP contribution in [0.4, 0.5) is 0 Å². The quantitative estimate of drug-likeness (QED) is 0.525. The molecule has 4 nitrogen and oxygen atoms in total. The average Bonchev–Trinajstić information content (AvgIpc) is 2.63. The molecule has 24 heavy (non-hydrogen) atoms. The van der Waals surface area contributed by atoms with Gasteiger partial charge in [-0.1, -0.05) is 25.0 Å². The Labute approximate surface area is 146 Å². The zero-order valence-electron chi connectivity index (χ0n) is 15.2. The van der Waals surface area contributed by atoms with Gasteiger partial charge in [-0.3, -0.25) is 9.59 Å². The molecule has 0 spiro atoms. The van der Waals surface area contributed by atoms with Crippen molar-refractivity contribution in [2.45, 2.75) is 77.6 Å². The molecule has 4 heteroatoms. The van der Waals surface area contributed by atoms with Crippen molar-refractivity contribution in [3.63, 3.8) is 0 Å². The predicted octanol–water partition coefficient (Wildman–Crippen LogP) is 3.72. The van der Waals surface area contributed by atoms with Crippen LogP contribution in [-0.4, -0.2) is 24.9 Å². The van der Waals surface area contributed by atoms with Crippen molar-refractivity contribution < 1.29 is 9.59 Å². The molecule has 0 radical (unpaired) electrons. The van der Waals surface area contributed by atoms with Crippen LogP contribution in [0.25, 0.3) is 0 Å². The molecule has 0 saturated heterocycles. The fraction of sp³-hybridized carbons (Fsp3) is 0.800. The third-order valence-electron chi connectivity index (χ3n) is 5.43. The monoisotopic (exact) mass is 334 g/mol. The fourth-order valence-electron chi connectivity index (χ4n) is 3.77. The standard InChI is InChI=1S/C20H34N2O2/c1-2-3-14-21-19(23)17-9-11-18(12-10-17)20(24)22-15-13-16-7-5-4-6-8-16/h7,17-18H,2-6,8-15H2,1H3,(H,21,23)(H,22,24). The molecule has 2 amide bonds. The van der Waals surface area contributed by atoms with E-state index in [4.69, 9.17) is 0 Å². The molecule has 1 fully saturated rings. The Morgan fingerprint density at radius 1 is 1.00 bits per heavy atom. The van der Waals surface area contributed by atoms with Gasteiger partial charge < -0.3 is 10.6 Å². The minimum absolute atomic E-state index is 0.102. The smallest absolute Gasteiger partial charge is 0.223 e. The number of hydrogen-bond donors (Lipinski definition) is 2. The zero-order valence-corrected chi connectivity index (χ0v) is 15.2. The van der Waals surface area contributed by atoms with Crippen LogP contribution in [0, 0.1) is 11.8 Å². The molecule has 2 aliphatic carbocycles. The summed E-state index contributed by atoms with van der Waals surface area (Å²) in [7, 11) is 0. The highest BCUT2D eigenvalue weighted by molar-refractivity contribution is 5.81. The van der Waals surface area contributed by atoms with E-state index in [9.17, 15) is 9.59 Å². The Morgan fingerprint density at radius 2 is 1.62 bits per heavy atom. The summed E-state index contributed by atoms with van der Waals surface area (Å²) >= 11 is 0. The second-order valence-electron chi connectivity index (χ2n) is 7.34. The number of carbonyl (C=O) groups is 2. The number of nitrogens with one attached hydrogen (secondary N) is 2.